The van der Waals surface area contributed by atoms with E-state index in [1.165, 1.54) is 0 Å². The summed E-state index contributed by atoms with van der Waals surface area (Å²) in [7, 11) is 0. The van der Waals surface area contributed by atoms with Crippen LogP contribution in [0.2, 0.25) is 0 Å². The quantitative estimate of drug-likeness (QED) is 0.657. The van der Waals surface area contributed by atoms with Gasteiger partial charge in [0.2, 0.25) is 0 Å². The molecular weight excluding hydrogens is 370 g/mol. The molecular formula is C21H19N5OS. The van der Waals surface area contributed by atoms with E-state index in [0.717, 1.165) is 45.0 Å². The highest BCUT2D eigenvalue weighted by Crippen LogP contribution is 2.55. The summed E-state index contributed by atoms with van der Waals surface area (Å²) in [5, 5.41) is 0.568. The molecule has 7 heteroatoms. The summed E-state index contributed by atoms with van der Waals surface area (Å²) >= 11 is 1.55. The molecule has 4 N–H and O–H groups in total. The molecule has 0 radical (unpaired) electrons. The van der Waals surface area contributed by atoms with Gasteiger partial charge < -0.3 is 16.2 Å². The first-order valence-corrected chi connectivity index (χ1v) is 9.96. The van der Waals surface area contributed by atoms with Gasteiger partial charge in [0.1, 0.15) is 17.1 Å². The molecule has 0 bridgehead atoms. The maximum absolute atomic E-state index is 6.30. The number of aliphatic imine (C=N–C) groups is 1. The van der Waals surface area contributed by atoms with E-state index in [-0.39, 0.29) is 0 Å². The molecule has 4 heterocycles. The van der Waals surface area contributed by atoms with Crippen LogP contribution in [0.3, 0.4) is 0 Å². The molecule has 1 atom stereocenters. The minimum atomic E-state index is -0.637. The van der Waals surface area contributed by atoms with E-state index >= 15 is 0 Å². The van der Waals surface area contributed by atoms with Crippen LogP contribution in [0.4, 0.5) is 5.82 Å². The third-order valence-corrected chi connectivity index (χ3v) is 6.33. The zero-order valence-corrected chi connectivity index (χ0v) is 16.4. The van der Waals surface area contributed by atoms with Gasteiger partial charge in [0.15, 0.2) is 10.9 Å². The van der Waals surface area contributed by atoms with Gasteiger partial charge in [0.05, 0.1) is 5.69 Å². The highest BCUT2D eigenvalue weighted by Gasteiger charge is 2.48. The minimum absolute atomic E-state index is 0.497. The molecule has 0 fully saturated rings. The number of pyridine rings is 2. The van der Waals surface area contributed by atoms with Gasteiger partial charge in [0, 0.05) is 40.4 Å². The normalized spacial score (nSPS) is 19.7. The van der Waals surface area contributed by atoms with E-state index in [2.05, 4.69) is 16.0 Å². The zero-order valence-electron chi connectivity index (χ0n) is 15.6. The van der Waals surface area contributed by atoms with Crippen molar-refractivity contribution in [2.45, 2.75) is 19.4 Å². The molecule has 0 saturated carbocycles. The number of benzene rings is 1. The van der Waals surface area contributed by atoms with Crippen LogP contribution in [0.5, 0.6) is 11.5 Å². The largest absolute Gasteiger partial charge is 0.455 e. The van der Waals surface area contributed by atoms with E-state index in [0.29, 0.717) is 16.7 Å². The Hall–Kier alpha value is -3.06. The summed E-state index contributed by atoms with van der Waals surface area (Å²) in [4.78, 5) is 13.6. The SMILES string of the molecule is Cc1nc(N)c(C)c2c1Oc1ccc(-c3cccnc3)cc1C21CSC(N)=N1. The molecule has 3 aromatic rings. The van der Waals surface area contributed by atoms with Gasteiger partial charge in [-0.2, -0.15) is 0 Å². The second kappa shape index (κ2) is 5.97. The van der Waals surface area contributed by atoms with E-state index in [4.69, 9.17) is 21.2 Å². The zero-order chi connectivity index (χ0) is 19.5. The number of nitrogens with zero attached hydrogens (tertiary/aromatic N) is 3. The van der Waals surface area contributed by atoms with Crippen molar-refractivity contribution in [3.05, 3.63) is 65.1 Å². The lowest BCUT2D eigenvalue weighted by atomic mass is 9.79. The lowest BCUT2D eigenvalue weighted by Gasteiger charge is -2.36. The Bertz CT molecular complexity index is 1150. The third-order valence-electron chi connectivity index (χ3n) is 5.38. The van der Waals surface area contributed by atoms with Crippen molar-refractivity contribution in [3.63, 3.8) is 0 Å². The summed E-state index contributed by atoms with van der Waals surface area (Å²) in [6.45, 7) is 3.88. The first kappa shape index (κ1) is 17.1. The maximum Gasteiger partial charge on any atom is 0.155 e. The number of aryl methyl sites for hydroxylation is 1. The van der Waals surface area contributed by atoms with Gasteiger partial charge in [-0.05, 0) is 37.6 Å². The Labute approximate surface area is 167 Å². The average Bonchev–Trinajstić information content (AvgIpc) is 3.08. The summed E-state index contributed by atoms with van der Waals surface area (Å²) in [5.41, 5.74) is 17.4. The Kier molecular flexibility index (Phi) is 3.64. The first-order valence-electron chi connectivity index (χ1n) is 8.97. The number of hydrogen-bond acceptors (Lipinski definition) is 7. The molecule has 1 aromatic carbocycles. The topological polar surface area (TPSA) is 99.4 Å². The molecule has 0 amide bonds. The van der Waals surface area contributed by atoms with Crippen molar-refractivity contribution in [1.82, 2.24) is 9.97 Å². The molecule has 0 saturated heterocycles. The smallest absolute Gasteiger partial charge is 0.155 e. The molecule has 0 aliphatic carbocycles. The summed E-state index contributed by atoms with van der Waals surface area (Å²) in [5.74, 6) is 2.69. The third kappa shape index (κ3) is 2.32. The highest BCUT2D eigenvalue weighted by atomic mass is 32.2. The van der Waals surface area contributed by atoms with Crippen molar-refractivity contribution < 1.29 is 4.74 Å². The first-order chi connectivity index (χ1) is 13.5. The molecule has 5 rings (SSSR count). The predicted octanol–water partition coefficient (Wildman–Crippen LogP) is 3.75. The molecule has 6 nitrogen and oxygen atoms in total. The van der Waals surface area contributed by atoms with Crippen LogP contribution in [0.1, 0.15) is 22.4 Å². The second-order valence-corrected chi connectivity index (χ2v) is 8.06. The number of rotatable bonds is 1. The number of hydrogen-bond donors (Lipinski definition) is 2. The predicted molar refractivity (Wildman–Crippen MR) is 113 cm³/mol. The summed E-state index contributed by atoms with van der Waals surface area (Å²) in [6.07, 6.45) is 3.62. The van der Waals surface area contributed by atoms with Gasteiger partial charge in [-0.15, -0.1) is 0 Å². The van der Waals surface area contributed by atoms with E-state index < -0.39 is 5.54 Å². The maximum atomic E-state index is 6.30. The molecule has 28 heavy (non-hydrogen) atoms. The number of amidine groups is 1. The number of aromatic nitrogens is 2. The fourth-order valence-corrected chi connectivity index (χ4v) is 4.96. The van der Waals surface area contributed by atoms with Gasteiger partial charge in [-0.3, -0.25) is 4.98 Å². The number of nitrogens with two attached hydrogens (primary N) is 2. The number of anilines is 1. The second-order valence-electron chi connectivity index (χ2n) is 7.07. The van der Waals surface area contributed by atoms with Crippen LogP contribution < -0.4 is 16.2 Å². The molecule has 2 aliphatic rings. The number of nitrogen functional groups attached to an aromatic ring is 1. The lowest BCUT2D eigenvalue weighted by molar-refractivity contribution is 0.409. The lowest BCUT2D eigenvalue weighted by Crippen LogP contribution is -2.32. The Morgan fingerprint density at radius 1 is 1.14 bits per heavy atom. The molecule has 2 aliphatic heterocycles. The average molecular weight is 389 g/mol. The fourth-order valence-electron chi connectivity index (χ4n) is 4.01. The van der Waals surface area contributed by atoms with Gasteiger partial charge >= 0.3 is 0 Å². The van der Waals surface area contributed by atoms with Crippen LogP contribution in [0.25, 0.3) is 11.1 Å². The minimum Gasteiger partial charge on any atom is -0.455 e. The van der Waals surface area contributed by atoms with Crippen LogP contribution in [-0.2, 0) is 5.54 Å². The molecule has 1 unspecified atom stereocenters. The standard InChI is InChI=1S/C21H19N5OS/c1-11-17-18(12(2)25-19(11)22)27-16-6-5-13(14-4-3-7-24-9-14)8-15(16)21(17)10-28-20(23)26-21/h3-9H,10H2,1-2H3,(H2,22,25)(H2,23,26). The Balaban J connectivity index is 1.81. The molecule has 1 spiro atoms. The molecule has 2 aromatic heterocycles. The van der Waals surface area contributed by atoms with Crippen molar-refractivity contribution in [3.8, 4) is 22.6 Å². The van der Waals surface area contributed by atoms with Gasteiger partial charge in [-0.1, -0.05) is 23.9 Å². The van der Waals surface area contributed by atoms with Crippen LogP contribution in [0.15, 0.2) is 47.7 Å². The van der Waals surface area contributed by atoms with Crippen LogP contribution in [-0.4, -0.2) is 20.9 Å². The molecule has 140 valence electrons. The van der Waals surface area contributed by atoms with Crippen molar-refractivity contribution in [2.24, 2.45) is 10.7 Å². The van der Waals surface area contributed by atoms with E-state index in [9.17, 15) is 0 Å². The van der Waals surface area contributed by atoms with Crippen molar-refractivity contribution in [1.29, 1.82) is 0 Å². The van der Waals surface area contributed by atoms with E-state index in [1.807, 2.05) is 44.3 Å². The monoisotopic (exact) mass is 389 g/mol. The highest BCUT2D eigenvalue weighted by molar-refractivity contribution is 8.14. The summed E-state index contributed by atoms with van der Waals surface area (Å²) < 4.78 is 6.30. The van der Waals surface area contributed by atoms with Gasteiger partial charge in [0.25, 0.3) is 0 Å². The van der Waals surface area contributed by atoms with Crippen LogP contribution in [0, 0.1) is 13.8 Å². The Morgan fingerprint density at radius 3 is 2.71 bits per heavy atom. The fraction of sp³-hybridized carbons (Fsp3) is 0.190. The Morgan fingerprint density at radius 2 is 2.00 bits per heavy atom. The van der Waals surface area contributed by atoms with E-state index in [1.54, 1.807) is 18.0 Å². The number of fused-ring (bicyclic) bond motifs is 4. The van der Waals surface area contributed by atoms with Crippen molar-refractivity contribution in [2.75, 3.05) is 11.5 Å². The number of ether oxygens (including phenoxy) is 1. The number of thioether (sulfide) groups is 1. The van der Waals surface area contributed by atoms with Crippen LogP contribution >= 0.6 is 11.8 Å². The summed E-state index contributed by atoms with van der Waals surface area (Å²) in [6, 6.07) is 10.1. The van der Waals surface area contributed by atoms with Gasteiger partial charge in [-0.25, -0.2) is 9.98 Å². The van der Waals surface area contributed by atoms with Crippen molar-refractivity contribution >= 4 is 22.7 Å².